The van der Waals surface area contributed by atoms with Crippen LogP contribution in [0.4, 0.5) is 0 Å². The second-order valence-electron chi connectivity index (χ2n) is 7.91. The van der Waals surface area contributed by atoms with Gasteiger partial charge in [-0.3, -0.25) is 9.89 Å². The van der Waals surface area contributed by atoms with Gasteiger partial charge < -0.3 is 15.4 Å². The lowest BCUT2D eigenvalue weighted by molar-refractivity contribution is -0.0939. The summed E-state index contributed by atoms with van der Waals surface area (Å²) in [6.07, 6.45) is 1.10. The quantitative estimate of drug-likeness (QED) is 0.542. The van der Waals surface area contributed by atoms with Gasteiger partial charge in [0.25, 0.3) is 0 Å². The summed E-state index contributed by atoms with van der Waals surface area (Å²) in [4.78, 5) is 7.17. The first kappa shape index (κ1) is 20.5. The Bertz CT molecular complexity index is 566. The highest BCUT2D eigenvalue weighted by Crippen LogP contribution is 2.21. The molecule has 0 radical (unpaired) electrons. The van der Waals surface area contributed by atoms with E-state index in [1.54, 1.807) is 0 Å². The number of hydrogen-bond acceptors (Lipinski definition) is 5. The van der Waals surface area contributed by atoms with E-state index < -0.39 is 9.84 Å². The molecule has 2 aliphatic rings. The monoisotopic (exact) mass is 374 g/mol. The minimum absolute atomic E-state index is 0.0469. The molecule has 25 heavy (non-hydrogen) atoms. The molecule has 0 aromatic rings. The fraction of sp³-hybridized carbons (Fsp3) is 0.941. The van der Waals surface area contributed by atoms with Crippen molar-refractivity contribution < 1.29 is 13.2 Å². The largest absolute Gasteiger partial charge is 0.373 e. The topological polar surface area (TPSA) is 83.0 Å². The van der Waals surface area contributed by atoms with Crippen LogP contribution < -0.4 is 10.6 Å². The van der Waals surface area contributed by atoms with Gasteiger partial charge in [0.1, 0.15) is 0 Å². The highest BCUT2D eigenvalue weighted by molar-refractivity contribution is 7.91. The van der Waals surface area contributed by atoms with Gasteiger partial charge in [0.15, 0.2) is 15.8 Å². The van der Waals surface area contributed by atoms with E-state index in [0.717, 1.165) is 19.6 Å². The van der Waals surface area contributed by atoms with Crippen LogP contribution in [0.15, 0.2) is 4.99 Å². The number of rotatable bonds is 5. The van der Waals surface area contributed by atoms with E-state index in [1.807, 2.05) is 6.92 Å². The Morgan fingerprint density at radius 2 is 1.92 bits per heavy atom. The van der Waals surface area contributed by atoms with Crippen molar-refractivity contribution in [2.45, 2.75) is 64.8 Å². The van der Waals surface area contributed by atoms with Crippen LogP contribution in [0.2, 0.25) is 0 Å². The molecule has 0 aromatic carbocycles. The Morgan fingerprint density at radius 3 is 2.44 bits per heavy atom. The van der Waals surface area contributed by atoms with Crippen LogP contribution in [0.25, 0.3) is 0 Å². The Balaban J connectivity index is 1.99. The summed E-state index contributed by atoms with van der Waals surface area (Å²) in [7, 11) is -2.90. The fourth-order valence-corrected chi connectivity index (χ4v) is 5.14. The highest BCUT2D eigenvalue weighted by Gasteiger charge is 2.33. The molecule has 2 fully saturated rings. The van der Waals surface area contributed by atoms with Crippen molar-refractivity contribution in [2.24, 2.45) is 4.99 Å². The number of guanidine groups is 1. The lowest BCUT2D eigenvalue weighted by atomic mass is 10.0. The minimum Gasteiger partial charge on any atom is -0.373 e. The van der Waals surface area contributed by atoms with Crippen LogP contribution in [-0.2, 0) is 14.6 Å². The maximum atomic E-state index is 11.6. The Hall–Kier alpha value is -0.860. The van der Waals surface area contributed by atoms with Crippen molar-refractivity contribution in [3.05, 3.63) is 0 Å². The van der Waals surface area contributed by atoms with E-state index in [1.165, 1.54) is 0 Å². The summed E-state index contributed by atoms with van der Waals surface area (Å²) < 4.78 is 29.1. The molecule has 0 spiro atoms. The summed E-state index contributed by atoms with van der Waals surface area (Å²) in [5.41, 5.74) is -0.0869. The SMILES string of the molecule is CCNC(=NCC(C)(C)N1CC(C)OC(C)C1)NC1CCS(=O)(=O)C1. The number of sulfone groups is 1. The maximum absolute atomic E-state index is 11.6. The van der Waals surface area contributed by atoms with Gasteiger partial charge >= 0.3 is 0 Å². The van der Waals surface area contributed by atoms with Gasteiger partial charge in [-0.25, -0.2) is 8.42 Å². The predicted octanol–water partition coefficient (Wildman–Crippen LogP) is 0.616. The third-order valence-corrected chi connectivity index (χ3v) is 6.59. The van der Waals surface area contributed by atoms with Gasteiger partial charge in [0.05, 0.1) is 30.3 Å². The van der Waals surface area contributed by atoms with Gasteiger partial charge in [-0.2, -0.15) is 0 Å². The first-order chi connectivity index (χ1) is 11.6. The molecule has 2 saturated heterocycles. The molecular formula is C17H34N4O3S. The molecule has 2 rings (SSSR count). The second-order valence-corrected chi connectivity index (χ2v) is 10.1. The molecule has 2 heterocycles. The number of ether oxygens (including phenoxy) is 1. The first-order valence-corrected chi connectivity index (χ1v) is 11.1. The van der Waals surface area contributed by atoms with Crippen LogP contribution in [-0.4, -0.2) is 80.8 Å². The van der Waals surface area contributed by atoms with Crippen molar-refractivity contribution in [2.75, 3.05) is 37.7 Å². The third-order valence-electron chi connectivity index (χ3n) is 4.82. The molecular weight excluding hydrogens is 340 g/mol. The molecule has 0 saturated carbocycles. The lowest BCUT2D eigenvalue weighted by Crippen LogP contribution is -2.56. The second kappa shape index (κ2) is 8.22. The van der Waals surface area contributed by atoms with E-state index in [2.05, 4.69) is 43.2 Å². The Labute approximate surface area is 152 Å². The Kier molecular flexibility index (Phi) is 6.73. The van der Waals surface area contributed by atoms with E-state index >= 15 is 0 Å². The number of nitrogens with zero attached hydrogens (tertiary/aromatic N) is 2. The summed E-state index contributed by atoms with van der Waals surface area (Å²) >= 11 is 0. The number of nitrogens with one attached hydrogen (secondary N) is 2. The molecule has 2 N–H and O–H groups in total. The molecule has 7 nitrogen and oxygen atoms in total. The summed E-state index contributed by atoms with van der Waals surface area (Å²) in [6.45, 7) is 13.8. The van der Waals surface area contributed by atoms with Crippen LogP contribution >= 0.6 is 0 Å². The average Bonchev–Trinajstić information content (AvgIpc) is 2.83. The van der Waals surface area contributed by atoms with Gasteiger partial charge in [-0.05, 0) is 41.0 Å². The first-order valence-electron chi connectivity index (χ1n) is 9.27. The highest BCUT2D eigenvalue weighted by atomic mass is 32.2. The van der Waals surface area contributed by atoms with Crippen LogP contribution in [0, 0.1) is 0 Å². The molecule has 3 unspecified atom stereocenters. The fourth-order valence-electron chi connectivity index (χ4n) is 3.47. The van der Waals surface area contributed by atoms with Crippen LogP contribution in [0.1, 0.15) is 41.0 Å². The third kappa shape index (κ3) is 6.11. The molecule has 2 aliphatic heterocycles. The minimum atomic E-state index is -2.90. The molecule has 0 aromatic heterocycles. The zero-order valence-electron chi connectivity index (χ0n) is 16.2. The zero-order valence-corrected chi connectivity index (χ0v) is 17.0. The van der Waals surface area contributed by atoms with Gasteiger partial charge in [-0.15, -0.1) is 0 Å². The zero-order chi connectivity index (χ0) is 18.7. The van der Waals surface area contributed by atoms with Gasteiger partial charge in [0, 0.05) is 31.2 Å². The average molecular weight is 375 g/mol. The normalized spacial score (nSPS) is 31.1. The number of aliphatic imine (C=N–C) groups is 1. The van der Waals surface area contributed by atoms with Crippen molar-refractivity contribution in [1.82, 2.24) is 15.5 Å². The number of morpholine rings is 1. The molecule has 0 bridgehead atoms. The molecule has 3 atom stereocenters. The van der Waals surface area contributed by atoms with E-state index in [-0.39, 0.29) is 35.3 Å². The molecule has 146 valence electrons. The van der Waals surface area contributed by atoms with Crippen molar-refractivity contribution in [1.29, 1.82) is 0 Å². The number of hydrogen-bond donors (Lipinski definition) is 2. The summed E-state index contributed by atoms with van der Waals surface area (Å²) in [5.74, 6) is 1.16. The Morgan fingerprint density at radius 1 is 1.28 bits per heavy atom. The van der Waals surface area contributed by atoms with Crippen LogP contribution in [0.3, 0.4) is 0 Å². The molecule has 8 heteroatoms. The summed E-state index contributed by atoms with van der Waals surface area (Å²) in [5, 5.41) is 6.51. The molecule has 0 amide bonds. The van der Waals surface area contributed by atoms with E-state index in [4.69, 9.17) is 9.73 Å². The van der Waals surface area contributed by atoms with Crippen molar-refractivity contribution >= 4 is 15.8 Å². The lowest BCUT2D eigenvalue weighted by Gasteiger charge is -2.44. The maximum Gasteiger partial charge on any atom is 0.191 e. The van der Waals surface area contributed by atoms with Gasteiger partial charge in [-0.1, -0.05) is 0 Å². The van der Waals surface area contributed by atoms with E-state index in [0.29, 0.717) is 18.9 Å². The smallest absolute Gasteiger partial charge is 0.191 e. The molecule has 0 aliphatic carbocycles. The van der Waals surface area contributed by atoms with E-state index in [9.17, 15) is 8.42 Å². The van der Waals surface area contributed by atoms with Gasteiger partial charge in [0.2, 0.25) is 0 Å². The van der Waals surface area contributed by atoms with Crippen LogP contribution in [0.5, 0.6) is 0 Å². The summed E-state index contributed by atoms with van der Waals surface area (Å²) in [6, 6.07) is -0.0469. The standard InChI is InChI=1S/C17H34N4O3S/c1-6-18-16(20-15-7-8-25(22,23)11-15)19-12-17(4,5)21-9-13(2)24-14(3)10-21/h13-15H,6-12H2,1-5H3,(H2,18,19,20). The van der Waals surface area contributed by atoms with Crippen molar-refractivity contribution in [3.8, 4) is 0 Å². The predicted molar refractivity (Wildman–Crippen MR) is 102 cm³/mol. The van der Waals surface area contributed by atoms with Crippen molar-refractivity contribution in [3.63, 3.8) is 0 Å².